The summed E-state index contributed by atoms with van der Waals surface area (Å²) >= 11 is 12.1. The lowest BCUT2D eigenvalue weighted by Crippen LogP contribution is -2.48. The summed E-state index contributed by atoms with van der Waals surface area (Å²) in [6.07, 6.45) is 0.384. The van der Waals surface area contributed by atoms with Gasteiger partial charge in [-0.25, -0.2) is 0 Å². The van der Waals surface area contributed by atoms with Gasteiger partial charge in [0.2, 0.25) is 5.91 Å². The molecule has 1 aliphatic heterocycles. The Labute approximate surface area is 185 Å². The fourth-order valence-electron chi connectivity index (χ4n) is 3.39. The van der Waals surface area contributed by atoms with Crippen molar-refractivity contribution in [1.29, 1.82) is 0 Å². The Morgan fingerprint density at radius 1 is 1.27 bits per heavy atom. The maximum atomic E-state index is 12.9. The predicted octanol–water partition coefficient (Wildman–Crippen LogP) is 3.46. The van der Waals surface area contributed by atoms with Crippen LogP contribution in [0.25, 0.3) is 0 Å². The molecule has 2 atom stereocenters. The first-order valence-corrected chi connectivity index (χ1v) is 10.5. The van der Waals surface area contributed by atoms with Crippen LogP contribution in [0, 0.1) is 6.92 Å². The number of nitrogens with zero attached hydrogens (tertiary/aromatic N) is 1. The lowest BCUT2D eigenvalue weighted by atomic mass is 10.1. The van der Waals surface area contributed by atoms with Crippen molar-refractivity contribution in [3.05, 3.63) is 63.6 Å². The zero-order chi connectivity index (χ0) is 21.7. The molecular weight excluding hydrogens is 427 g/mol. The van der Waals surface area contributed by atoms with Crippen molar-refractivity contribution in [2.24, 2.45) is 0 Å². The number of hydrogen-bond donors (Lipinski definition) is 2. The van der Waals surface area contributed by atoms with Crippen LogP contribution in [0.1, 0.15) is 28.8 Å². The van der Waals surface area contributed by atoms with Crippen LogP contribution in [0.2, 0.25) is 10.0 Å². The van der Waals surface area contributed by atoms with Crippen LogP contribution in [0.5, 0.6) is 5.75 Å². The van der Waals surface area contributed by atoms with Crippen LogP contribution in [0.4, 0.5) is 0 Å². The number of aliphatic hydroxyl groups excluding tert-OH is 1. The van der Waals surface area contributed by atoms with Crippen LogP contribution < -0.4 is 10.1 Å². The number of hydrogen-bond acceptors (Lipinski definition) is 4. The third-order valence-electron chi connectivity index (χ3n) is 4.92. The van der Waals surface area contributed by atoms with E-state index in [0.717, 1.165) is 5.56 Å². The predicted molar refractivity (Wildman–Crippen MR) is 116 cm³/mol. The molecule has 2 amide bonds. The molecule has 3 rings (SSSR count). The molecule has 6 nitrogen and oxygen atoms in total. The lowest BCUT2D eigenvalue weighted by Gasteiger charge is -2.25. The van der Waals surface area contributed by atoms with Crippen molar-refractivity contribution in [3.63, 3.8) is 0 Å². The number of nitrogens with one attached hydrogen (secondary N) is 1. The second-order valence-electron chi connectivity index (χ2n) is 7.31. The highest BCUT2D eigenvalue weighted by atomic mass is 35.5. The fraction of sp³-hybridized carbons (Fsp3) is 0.364. The zero-order valence-electron chi connectivity index (χ0n) is 16.6. The first-order valence-electron chi connectivity index (χ1n) is 9.76. The average molecular weight is 451 g/mol. The van der Waals surface area contributed by atoms with Crippen LogP contribution in [0.3, 0.4) is 0 Å². The fourth-order valence-corrected chi connectivity index (χ4v) is 3.76. The van der Waals surface area contributed by atoms with Gasteiger partial charge in [-0.1, -0.05) is 35.3 Å². The van der Waals surface area contributed by atoms with Crippen molar-refractivity contribution in [3.8, 4) is 5.75 Å². The van der Waals surface area contributed by atoms with Crippen LogP contribution >= 0.6 is 23.2 Å². The molecule has 30 heavy (non-hydrogen) atoms. The number of aliphatic hydroxyl groups is 1. The summed E-state index contributed by atoms with van der Waals surface area (Å²) in [7, 11) is 0. The molecule has 160 valence electrons. The Balaban J connectivity index is 1.54. The number of likely N-dealkylation sites (tertiary alicyclic amines) is 1. The van der Waals surface area contributed by atoms with Crippen LogP contribution in [0.15, 0.2) is 42.5 Å². The van der Waals surface area contributed by atoms with Gasteiger partial charge in [0.1, 0.15) is 24.5 Å². The Morgan fingerprint density at radius 3 is 2.83 bits per heavy atom. The van der Waals surface area contributed by atoms with Gasteiger partial charge >= 0.3 is 0 Å². The molecule has 0 saturated carbocycles. The standard InChI is InChI=1S/C22H24Cl2N2O4/c1-14-4-2-5-17(10-14)30-13-16(27)12-25-21(28)20-6-3-9-26(20)22(29)18-11-15(23)7-8-19(18)24/h2,4-5,7-8,10-11,16,20,27H,3,6,9,12-13H2,1H3,(H,25,28). The number of halogens is 2. The first-order chi connectivity index (χ1) is 14.3. The lowest BCUT2D eigenvalue weighted by molar-refractivity contribution is -0.125. The van der Waals surface area contributed by atoms with Gasteiger partial charge in [-0.3, -0.25) is 9.59 Å². The number of rotatable bonds is 7. The molecule has 1 aliphatic rings. The maximum Gasteiger partial charge on any atom is 0.256 e. The molecule has 0 spiro atoms. The number of ether oxygens (including phenoxy) is 1. The molecule has 2 N–H and O–H groups in total. The summed E-state index contributed by atoms with van der Waals surface area (Å²) in [5.74, 6) is 0.0171. The van der Waals surface area contributed by atoms with Crippen molar-refractivity contribution in [2.45, 2.75) is 31.9 Å². The van der Waals surface area contributed by atoms with E-state index in [4.69, 9.17) is 27.9 Å². The number of benzene rings is 2. The first kappa shape index (κ1) is 22.4. The minimum atomic E-state index is -0.873. The van der Waals surface area contributed by atoms with E-state index in [1.165, 1.54) is 11.0 Å². The summed E-state index contributed by atoms with van der Waals surface area (Å²) in [6, 6.07) is 11.6. The van der Waals surface area contributed by atoms with Crippen molar-refractivity contribution in [1.82, 2.24) is 10.2 Å². The Hall–Kier alpha value is -2.28. The van der Waals surface area contributed by atoms with Crippen LogP contribution in [-0.4, -0.2) is 53.7 Å². The summed E-state index contributed by atoms with van der Waals surface area (Å²) in [4.78, 5) is 27.0. The van der Waals surface area contributed by atoms with Gasteiger partial charge in [0.05, 0.1) is 10.6 Å². The third-order valence-corrected chi connectivity index (χ3v) is 5.48. The van der Waals surface area contributed by atoms with E-state index in [1.54, 1.807) is 18.2 Å². The normalized spacial score (nSPS) is 16.9. The second-order valence-corrected chi connectivity index (χ2v) is 8.15. The van der Waals surface area contributed by atoms with Gasteiger partial charge in [0, 0.05) is 18.1 Å². The minimum Gasteiger partial charge on any atom is -0.491 e. The highest BCUT2D eigenvalue weighted by Gasteiger charge is 2.35. The smallest absolute Gasteiger partial charge is 0.256 e. The molecule has 0 bridgehead atoms. The van der Waals surface area contributed by atoms with E-state index in [2.05, 4.69) is 5.32 Å². The monoisotopic (exact) mass is 450 g/mol. The molecule has 2 aromatic rings. The Morgan fingerprint density at radius 2 is 2.07 bits per heavy atom. The molecule has 2 unspecified atom stereocenters. The third kappa shape index (κ3) is 5.65. The highest BCUT2D eigenvalue weighted by molar-refractivity contribution is 6.35. The average Bonchev–Trinajstić information content (AvgIpc) is 3.22. The van der Waals surface area contributed by atoms with E-state index in [0.29, 0.717) is 35.2 Å². The number of carbonyl (C=O) groups excluding carboxylic acids is 2. The molecule has 0 radical (unpaired) electrons. The van der Waals surface area contributed by atoms with E-state index in [-0.39, 0.29) is 30.5 Å². The maximum absolute atomic E-state index is 12.9. The number of carbonyl (C=O) groups is 2. The molecule has 1 saturated heterocycles. The number of amides is 2. The van der Waals surface area contributed by atoms with Crippen molar-refractivity contribution < 1.29 is 19.4 Å². The van der Waals surface area contributed by atoms with Gasteiger partial charge in [-0.05, 0) is 55.7 Å². The molecule has 0 aliphatic carbocycles. The second kappa shape index (κ2) is 10.2. The Bertz CT molecular complexity index is 922. The van der Waals surface area contributed by atoms with Gasteiger partial charge in [0.25, 0.3) is 5.91 Å². The summed E-state index contributed by atoms with van der Waals surface area (Å²) in [5, 5.41) is 13.5. The van der Waals surface area contributed by atoms with E-state index in [9.17, 15) is 14.7 Å². The molecule has 2 aromatic carbocycles. The highest BCUT2D eigenvalue weighted by Crippen LogP contribution is 2.26. The largest absolute Gasteiger partial charge is 0.491 e. The van der Waals surface area contributed by atoms with Gasteiger partial charge < -0.3 is 20.1 Å². The summed E-state index contributed by atoms with van der Waals surface area (Å²) < 4.78 is 5.55. The van der Waals surface area contributed by atoms with E-state index < -0.39 is 12.1 Å². The molecule has 1 heterocycles. The SMILES string of the molecule is Cc1cccc(OCC(O)CNC(=O)C2CCCN2C(=O)c2cc(Cl)ccc2Cl)c1. The topological polar surface area (TPSA) is 78.9 Å². The summed E-state index contributed by atoms with van der Waals surface area (Å²) in [5.41, 5.74) is 1.33. The van der Waals surface area contributed by atoms with Gasteiger partial charge in [-0.2, -0.15) is 0 Å². The van der Waals surface area contributed by atoms with Gasteiger partial charge in [0.15, 0.2) is 0 Å². The van der Waals surface area contributed by atoms with E-state index >= 15 is 0 Å². The molecular formula is C22H24Cl2N2O4. The quantitative estimate of drug-likeness (QED) is 0.676. The van der Waals surface area contributed by atoms with Crippen molar-refractivity contribution >= 4 is 35.0 Å². The molecule has 0 aromatic heterocycles. The van der Waals surface area contributed by atoms with E-state index in [1.807, 2.05) is 25.1 Å². The van der Waals surface area contributed by atoms with Crippen molar-refractivity contribution in [2.75, 3.05) is 19.7 Å². The molecule has 8 heteroatoms. The zero-order valence-corrected chi connectivity index (χ0v) is 18.1. The Kier molecular flexibility index (Phi) is 7.58. The van der Waals surface area contributed by atoms with Gasteiger partial charge in [-0.15, -0.1) is 0 Å². The number of aryl methyl sites for hydroxylation is 1. The molecule has 1 fully saturated rings. The van der Waals surface area contributed by atoms with Crippen LogP contribution in [-0.2, 0) is 4.79 Å². The summed E-state index contributed by atoms with van der Waals surface area (Å²) in [6.45, 7) is 2.49. The minimum absolute atomic E-state index is 0.0289.